The second kappa shape index (κ2) is 6.57. The number of hydrogen-bond donors (Lipinski definition) is 1. The Morgan fingerprint density at radius 1 is 1.14 bits per heavy atom. The molecule has 1 aromatic heterocycles. The number of aromatic nitrogens is 2. The molecule has 2 rings (SSSR count). The van der Waals surface area contributed by atoms with E-state index in [2.05, 4.69) is 65.2 Å². The first-order valence-corrected chi connectivity index (χ1v) is 7.44. The standard InChI is InChI=1S/C17H24N4/c1-6-13-7-9-14(10-8-13)21(5)16-11-15(18-4)19-17(20-16)12(2)3/h7-12H,6H2,1-5H3,(H,18,19,20). The van der Waals surface area contributed by atoms with Gasteiger partial charge in [-0.05, 0) is 24.1 Å². The number of aryl methyl sites for hydroxylation is 1. The summed E-state index contributed by atoms with van der Waals surface area (Å²) in [4.78, 5) is 11.3. The van der Waals surface area contributed by atoms with Gasteiger partial charge in [-0.1, -0.05) is 32.9 Å². The zero-order valence-electron chi connectivity index (χ0n) is 13.5. The molecule has 0 radical (unpaired) electrons. The molecule has 4 heteroatoms. The van der Waals surface area contributed by atoms with Crippen LogP contribution in [0.3, 0.4) is 0 Å². The fourth-order valence-electron chi connectivity index (χ4n) is 2.10. The van der Waals surface area contributed by atoms with Gasteiger partial charge in [-0.25, -0.2) is 9.97 Å². The zero-order valence-corrected chi connectivity index (χ0v) is 13.5. The minimum Gasteiger partial charge on any atom is -0.373 e. The predicted octanol–water partition coefficient (Wildman–Crippen LogP) is 3.97. The van der Waals surface area contributed by atoms with Gasteiger partial charge in [0.15, 0.2) is 0 Å². The lowest BCUT2D eigenvalue weighted by atomic mass is 10.1. The van der Waals surface area contributed by atoms with Crippen molar-refractivity contribution in [3.8, 4) is 0 Å². The van der Waals surface area contributed by atoms with Gasteiger partial charge in [-0.2, -0.15) is 0 Å². The fourth-order valence-corrected chi connectivity index (χ4v) is 2.10. The summed E-state index contributed by atoms with van der Waals surface area (Å²) in [5, 5.41) is 3.11. The molecule has 0 bridgehead atoms. The molecule has 2 aromatic rings. The van der Waals surface area contributed by atoms with Crippen molar-refractivity contribution in [1.29, 1.82) is 0 Å². The predicted molar refractivity (Wildman–Crippen MR) is 89.6 cm³/mol. The summed E-state index contributed by atoms with van der Waals surface area (Å²) < 4.78 is 0. The smallest absolute Gasteiger partial charge is 0.138 e. The first-order chi connectivity index (χ1) is 10.0. The largest absolute Gasteiger partial charge is 0.373 e. The van der Waals surface area contributed by atoms with Crippen molar-refractivity contribution in [1.82, 2.24) is 9.97 Å². The van der Waals surface area contributed by atoms with Crippen LogP contribution in [0.1, 0.15) is 38.1 Å². The van der Waals surface area contributed by atoms with E-state index in [-0.39, 0.29) is 0 Å². The van der Waals surface area contributed by atoms with E-state index in [4.69, 9.17) is 0 Å². The third-order valence-electron chi connectivity index (χ3n) is 3.58. The van der Waals surface area contributed by atoms with E-state index in [9.17, 15) is 0 Å². The zero-order chi connectivity index (χ0) is 15.4. The van der Waals surface area contributed by atoms with Gasteiger partial charge in [0.2, 0.25) is 0 Å². The van der Waals surface area contributed by atoms with Crippen molar-refractivity contribution in [3.63, 3.8) is 0 Å². The summed E-state index contributed by atoms with van der Waals surface area (Å²) in [6.07, 6.45) is 1.05. The molecule has 0 saturated carbocycles. The van der Waals surface area contributed by atoms with Crippen molar-refractivity contribution in [2.45, 2.75) is 33.1 Å². The number of hydrogen-bond acceptors (Lipinski definition) is 4. The molecule has 112 valence electrons. The summed E-state index contributed by atoms with van der Waals surface area (Å²) in [7, 11) is 3.92. The van der Waals surface area contributed by atoms with Crippen molar-refractivity contribution >= 4 is 17.3 Å². The molecule has 0 fully saturated rings. The summed E-state index contributed by atoms with van der Waals surface area (Å²) in [5.41, 5.74) is 2.47. The number of benzene rings is 1. The number of nitrogens with one attached hydrogen (secondary N) is 1. The molecule has 0 aliphatic heterocycles. The van der Waals surface area contributed by atoms with Crippen molar-refractivity contribution in [2.24, 2.45) is 0 Å². The van der Waals surface area contributed by atoms with Gasteiger partial charge in [-0.3, -0.25) is 0 Å². The van der Waals surface area contributed by atoms with E-state index in [0.29, 0.717) is 5.92 Å². The van der Waals surface area contributed by atoms with E-state index in [1.165, 1.54) is 5.56 Å². The van der Waals surface area contributed by atoms with Gasteiger partial charge in [0.25, 0.3) is 0 Å². The molecule has 0 aliphatic rings. The number of anilines is 3. The van der Waals surface area contributed by atoms with Crippen molar-refractivity contribution in [2.75, 3.05) is 24.3 Å². The highest BCUT2D eigenvalue weighted by Crippen LogP contribution is 2.25. The Balaban J connectivity index is 2.36. The lowest BCUT2D eigenvalue weighted by Gasteiger charge is -2.20. The van der Waals surface area contributed by atoms with E-state index in [0.717, 1.165) is 29.6 Å². The maximum absolute atomic E-state index is 4.67. The van der Waals surface area contributed by atoms with Crippen LogP contribution in [0.2, 0.25) is 0 Å². The Bertz CT molecular complexity index is 590. The average Bonchev–Trinajstić information content (AvgIpc) is 2.53. The Morgan fingerprint density at radius 2 is 1.81 bits per heavy atom. The van der Waals surface area contributed by atoms with Crippen LogP contribution in [0.25, 0.3) is 0 Å². The lowest BCUT2D eigenvalue weighted by molar-refractivity contribution is 0.773. The Morgan fingerprint density at radius 3 is 2.33 bits per heavy atom. The molecule has 21 heavy (non-hydrogen) atoms. The molecule has 0 atom stereocenters. The minimum atomic E-state index is 0.299. The molecular weight excluding hydrogens is 260 g/mol. The first-order valence-electron chi connectivity index (χ1n) is 7.44. The molecule has 0 amide bonds. The quantitative estimate of drug-likeness (QED) is 0.902. The van der Waals surface area contributed by atoms with Gasteiger partial charge in [-0.15, -0.1) is 0 Å². The Kier molecular flexibility index (Phi) is 4.78. The third-order valence-corrected chi connectivity index (χ3v) is 3.58. The highest BCUT2D eigenvalue weighted by Gasteiger charge is 2.11. The highest BCUT2D eigenvalue weighted by molar-refractivity contribution is 5.62. The van der Waals surface area contributed by atoms with Gasteiger partial charge in [0, 0.05) is 31.8 Å². The molecule has 4 nitrogen and oxygen atoms in total. The molecule has 0 spiro atoms. The van der Waals surface area contributed by atoms with Crippen LogP contribution in [0.4, 0.5) is 17.3 Å². The van der Waals surface area contributed by atoms with E-state index in [1.54, 1.807) is 0 Å². The van der Waals surface area contributed by atoms with Crippen LogP contribution >= 0.6 is 0 Å². The summed E-state index contributed by atoms with van der Waals surface area (Å²) in [5.74, 6) is 2.91. The van der Waals surface area contributed by atoms with Crippen LogP contribution in [-0.4, -0.2) is 24.1 Å². The van der Waals surface area contributed by atoms with Crippen LogP contribution in [-0.2, 0) is 6.42 Å². The molecule has 0 aliphatic carbocycles. The summed E-state index contributed by atoms with van der Waals surface area (Å²) >= 11 is 0. The van der Waals surface area contributed by atoms with Gasteiger partial charge in [0.1, 0.15) is 17.5 Å². The molecule has 0 saturated heterocycles. The van der Waals surface area contributed by atoms with Crippen molar-refractivity contribution in [3.05, 3.63) is 41.7 Å². The minimum absolute atomic E-state index is 0.299. The fraction of sp³-hybridized carbons (Fsp3) is 0.412. The van der Waals surface area contributed by atoms with E-state index in [1.807, 2.05) is 20.2 Å². The molecule has 1 aromatic carbocycles. The maximum Gasteiger partial charge on any atom is 0.138 e. The second-order valence-corrected chi connectivity index (χ2v) is 5.45. The van der Waals surface area contributed by atoms with Gasteiger partial charge in [0.05, 0.1) is 0 Å². The van der Waals surface area contributed by atoms with Gasteiger partial charge >= 0.3 is 0 Å². The SMILES string of the molecule is CCc1ccc(N(C)c2cc(NC)nc(C(C)C)n2)cc1. The molecule has 0 unspecified atom stereocenters. The topological polar surface area (TPSA) is 41.0 Å². The lowest BCUT2D eigenvalue weighted by Crippen LogP contribution is -2.14. The number of nitrogens with zero attached hydrogens (tertiary/aromatic N) is 3. The second-order valence-electron chi connectivity index (χ2n) is 5.45. The van der Waals surface area contributed by atoms with Crippen LogP contribution in [0.5, 0.6) is 0 Å². The molecule has 1 N–H and O–H groups in total. The van der Waals surface area contributed by atoms with E-state index >= 15 is 0 Å². The Labute approximate surface area is 127 Å². The monoisotopic (exact) mass is 284 g/mol. The summed E-state index contributed by atoms with van der Waals surface area (Å²) in [6, 6.07) is 10.6. The van der Waals surface area contributed by atoms with Crippen LogP contribution in [0.15, 0.2) is 30.3 Å². The normalized spacial score (nSPS) is 10.8. The summed E-state index contributed by atoms with van der Waals surface area (Å²) in [6.45, 7) is 6.38. The van der Waals surface area contributed by atoms with Gasteiger partial charge < -0.3 is 10.2 Å². The third kappa shape index (κ3) is 3.51. The van der Waals surface area contributed by atoms with Crippen LogP contribution in [0, 0.1) is 0 Å². The number of rotatable bonds is 5. The average molecular weight is 284 g/mol. The first kappa shape index (κ1) is 15.3. The van der Waals surface area contributed by atoms with Crippen molar-refractivity contribution < 1.29 is 0 Å². The van der Waals surface area contributed by atoms with Crippen LogP contribution < -0.4 is 10.2 Å². The molecule has 1 heterocycles. The highest BCUT2D eigenvalue weighted by atomic mass is 15.2. The van der Waals surface area contributed by atoms with E-state index < -0.39 is 0 Å². The Hall–Kier alpha value is -2.10. The maximum atomic E-state index is 4.67. The molecular formula is C17H24N4.